The molecule has 20 nitrogen and oxygen atoms in total. The first-order valence-corrected chi connectivity index (χ1v) is 46.2. The predicted octanol–water partition coefficient (Wildman–Crippen LogP) is 20.7. The molecule has 0 aromatic heterocycles. The standard InChI is InChI=1S/C96H165N5O15/c1-5-9-13-17-21-25-29-33-37-41-45-49-53-57-61-66-92(107)113-81-75-100(76-82-114-93(108)67-62-58-54-50-46-42-38-34-30-26-22-18-14-10-6-2)90(105)72-70-88(103)98-86-87(96(111)97-74-65-80-112-85-79-102)99-89(104)71-73-91(106)101(77-83-115-94(109)68-63-59-55-51-47-43-39-35-31-27-23-19-15-11-7-3)78-84-116-95(110)69-64-60-56-52-48-44-40-36-32-28-24-20-16-12-8-4/h21-28,33-40,87,102H,5-20,29-32,41-86H2,1-4H3,(H,97,111)(H,98,103)(H,99,104)/b25-21-,26-22-,27-23-,28-24-,37-33-,38-34-,39-35-,40-36-. The van der Waals surface area contributed by atoms with Gasteiger partial charge in [-0.25, -0.2) is 0 Å². The molecule has 1 unspecified atom stereocenters. The van der Waals surface area contributed by atoms with Crippen LogP contribution in [0.25, 0.3) is 0 Å². The molecule has 664 valence electrons. The Morgan fingerprint density at radius 1 is 0.293 bits per heavy atom. The van der Waals surface area contributed by atoms with Crippen molar-refractivity contribution in [3.05, 3.63) is 97.2 Å². The monoisotopic (exact) mass is 1630 g/mol. The van der Waals surface area contributed by atoms with E-state index in [1.54, 1.807) is 0 Å². The van der Waals surface area contributed by atoms with Crippen molar-refractivity contribution in [3.8, 4) is 0 Å². The van der Waals surface area contributed by atoms with Crippen molar-refractivity contribution < 1.29 is 71.9 Å². The van der Waals surface area contributed by atoms with Crippen LogP contribution in [0.3, 0.4) is 0 Å². The highest BCUT2D eigenvalue weighted by Gasteiger charge is 2.25. The highest BCUT2D eigenvalue weighted by molar-refractivity contribution is 5.90. The number of nitrogens with zero attached hydrogens (tertiary/aromatic N) is 2. The Morgan fingerprint density at radius 3 is 0.862 bits per heavy atom. The van der Waals surface area contributed by atoms with Crippen LogP contribution in [0, 0.1) is 0 Å². The number of rotatable bonds is 84. The van der Waals surface area contributed by atoms with Crippen LogP contribution in [-0.2, 0) is 66.8 Å². The van der Waals surface area contributed by atoms with E-state index < -0.39 is 35.6 Å². The summed E-state index contributed by atoms with van der Waals surface area (Å²) < 4.78 is 27.7. The highest BCUT2D eigenvalue weighted by Crippen LogP contribution is 2.15. The van der Waals surface area contributed by atoms with Crippen molar-refractivity contribution in [2.45, 2.75) is 374 Å². The van der Waals surface area contributed by atoms with Crippen LogP contribution in [0.1, 0.15) is 368 Å². The smallest absolute Gasteiger partial charge is 0.305 e. The lowest BCUT2D eigenvalue weighted by atomic mass is 10.1. The molecule has 0 saturated heterocycles. The number of carbonyl (C=O) groups is 9. The molecule has 0 rings (SSSR count). The number of hydrogen-bond acceptors (Lipinski definition) is 15. The van der Waals surface area contributed by atoms with Gasteiger partial charge >= 0.3 is 23.9 Å². The molecule has 0 radical (unpaired) electrons. The average molecular weight is 1630 g/mol. The molecule has 0 spiro atoms. The van der Waals surface area contributed by atoms with E-state index in [2.05, 4.69) is 141 Å². The molecular weight excluding hydrogens is 1460 g/mol. The topological polar surface area (TPSA) is 263 Å². The summed E-state index contributed by atoms with van der Waals surface area (Å²) in [5.41, 5.74) is 0. The van der Waals surface area contributed by atoms with Crippen molar-refractivity contribution in [3.63, 3.8) is 0 Å². The van der Waals surface area contributed by atoms with E-state index in [4.69, 9.17) is 28.8 Å². The number of aliphatic hydroxyl groups is 1. The number of amides is 5. The molecule has 0 aliphatic carbocycles. The molecule has 4 N–H and O–H groups in total. The van der Waals surface area contributed by atoms with E-state index in [1.807, 2.05) is 0 Å². The Balaban J connectivity index is 5.89. The van der Waals surface area contributed by atoms with Crippen LogP contribution in [0.2, 0.25) is 0 Å². The molecule has 0 bridgehead atoms. The van der Waals surface area contributed by atoms with Crippen LogP contribution < -0.4 is 16.0 Å². The van der Waals surface area contributed by atoms with Gasteiger partial charge in [-0.15, -0.1) is 0 Å². The van der Waals surface area contributed by atoms with Crippen LogP contribution >= 0.6 is 0 Å². The maximum absolute atomic E-state index is 14.0. The van der Waals surface area contributed by atoms with Gasteiger partial charge in [0.2, 0.25) is 29.5 Å². The highest BCUT2D eigenvalue weighted by atomic mass is 16.5. The first-order valence-electron chi connectivity index (χ1n) is 46.2. The SMILES string of the molecule is CCCCC/C=C\C/C=C\CCCCCCCC(=O)OCCN(CCOC(=O)CCCCCCC/C=C\C/C=C\CCCCC)C(=O)CCC(=O)NCC(NC(=O)CCC(=O)N(CCOC(=O)CCCCCCC/C=C\C/C=C\CCCCC)CCOC(=O)CCCCCCC/C=C\C/C=C\CCCCC)C(=O)NCCCOCCO. The number of nitrogens with one attached hydrogen (secondary N) is 3. The number of carbonyl (C=O) groups excluding carboxylic acids is 9. The minimum absolute atomic E-state index is 0.00567. The first-order chi connectivity index (χ1) is 56.8. The molecule has 0 aromatic carbocycles. The fourth-order valence-corrected chi connectivity index (χ4v) is 12.6. The third-order valence-corrected chi connectivity index (χ3v) is 19.8. The fourth-order valence-electron chi connectivity index (χ4n) is 12.6. The van der Waals surface area contributed by atoms with Crippen LogP contribution in [0.4, 0.5) is 0 Å². The van der Waals surface area contributed by atoms with Gasteiger partial charge in [0.1, 0.15) is 32.5 Å². The van der Waals surface area contributed by atoms with Gasteiger partial charge in [-0.2, -0.15) is 0 Å². The lowest BCUT2D eigenvalue weighted by Crippen LogP contribution is -2.53. The van der Waals surface area contributed by atoms with E-state index in [0.29, 0.717) is 32.1 Å². The Bertz CT molecular complexity index is 2540. The van der Waals surface area contributed by atoms with Gasteiger partial charge in [0.25, 0.3) is 0 Å². The van der Waals surface area contributed by atoms with Gasteiger partial charge in [0.15, 0.2) is 0 Å². The molecule has 0 fully saturated rings. The lowest BCUT2D eigenvalue weighted by Gasteiger charge is -2.23. The molecule has 0 aliphatic heterocycles. The van der Waals surface area contributed by atoms with Gasteiger partial charge < -0.3 is 54.5 Å². The largest absolute Gasteiger partial charge is 0.464 e. The van der Waals surface area contributed by atoms with Gasteiger partial charge in [0.05, 0.1) is 39.4 Å². The average Bonchev–Trinajstić information content (AvgIpc) is 0.898. The van der Waals surface area contributed by atoms with Crippen LogP contribution in [-0.4, -0.2) is 160 Å². The molecule has 20 heteroatoms. The van der Waals surface area contributed by atoms with E-state index in [0.717, 1.165) is 180 Å². The van der Waals surface area contributed by atoms with Gasteiger partial charge in [-0.3, -0.25) is 43.2 Å². The predicted molar refractivity (Wildman–Crippen MR) is 473 cm³/mol. The van der Waals surface area contributed by atoms with Gasteiger partial charge in [0, 0.05) is 71.1 Å². The number of ether oxygens (including phenoxy) is 5. The summed E-state index contributed by atoms with van der Waals surface area (Å²) >= 11 is 0. The van der Waals surface area contributed by atoms with Gasteiger partial charge in [-0.05, 0) is 161 Å². The molecule has 0 heterocycles. The number of esters is 4. The summed E-state index contributed by atoms with van der Waals surface area (Å²) in [6.45, 7) is 8.42. The summed E-state index contributed by atoms with van der Waals surface area (Å²) in [5, 5.41) is 17.2. The van der Waals surface area contributed by atoms with Crippen LogP contribution in [0.5, 0.6) is 0 Å². The zero-order valence-electron chi connectivity index (χ0n) is 73.5. The maximum atomic E-state index is 14.0. The summed E-state index contributed by atoms with van der Waals surface area (Å²) in [6.07, 6.45) is 82.4. The quantitative estimate of drug-likeness (QED) is 0.0191. The second kappa shape index (κ2) is 87.4. The number of aliphatic hydroxyl groups excluding tert-OH is 1. The van der Waals surface area contributed by atoms with E-state index in [1.165, 1.54) is 86.8 Å². The van der Waals surface area contributed by atoms with Gasteiger partial charge in [-0.1, -0.05) is 253 Å². The summed E-state index contributed by atoms with van der Waals surface area (Å²) in [4.78, 5) is 123. The molecule has 1 atom stereocenters. The molecule has 0 saturated carbocycles. The van der Waals surface area contributed by atoms with Crippen molar-refractivity contribution >= 4 is 53.4 Å². The Hall–Kier alpha value is -6.93. The maximum Gasteiger partial charge on any atom is 0.305 e. The first kappa shape index (κ1) is 109. The Kier molecular flexibility index (Phi) is 82.2. The summed E-state index contributed by atoms with van der Waals surface area (Å²) in [5.74, 6) is -4.32. The summed E-state index contributed by atoms with van der Waals surface area (Å²) in [7, 11) is 0. The zero-order chi connectivity index (χ0) is 84.6. The number of unbranched alkanes of at least 4 members (excludes halogenated alkanes) is 32. The molecule has 0 aromatic rings. The second-order valence-corrected chi connectivity index (χ2v) is 30.5. The normalized spacial score (nSPS) is 12.1. The van der Waals surface area contributed by atoms with Crippen LogP contribution in [0.15, 0.2) is 97.2 Å². The van der Waals surface area contributed by atoms with E-state index in [9.17, 15) is 43.2 Å². The Morgan fingerprint density at radius 2 is 0.569 bits per heavy atom. The Labute approximate surface area is 704 Å². The zero-order valence-corrected chi connectivity index (χ0v) is 73.5. The third kappa shape index (κ3) is 78.3. The summed E-state index contributed by atoms with van der Waals surface area (Å²) in [6, 6.07) is -1.31. The molecule has 0 aliphatic rings. The van der Waals surface area contributed by atoms with Crippen molar-refractivity contribution in [1.29, 1.82) is 0 Å². The third-order valence-electron chi connectivity index (χ3n) is 19.8. The van der Waals surface area contributed by atoms with Crippen molar-refractivity contribution in [2.75, 3.05) is 85.5 Å². The van der Waals surface area contributed by atoms with E-state index in [-0.39, 0.29) is 161 Å². The lowest BCUT2D eigenvalue weighted by molar-refractivity contribution is -0.148. The number of allylic oxidation sites excluding steroid dienone is 16. The van der Waals surface area contributed by atoms with Crippen molar-refractivity contribution in [1.82, 2.24) is 25.8 Å². The fraction of sp³-hybridized carbons (Fsp3) is 0.740. The van der Waals surface area contributed by atoms with Crippen molar-refractivity contribution in [2.24, 2.45) is 0 Å². The number of hydrogen-bond donors (Lipinski definition) is 4. The minimum atomic E-state index is -1.31. The minimum Gasteiger partial charge on any atom is -0.464 e. The molecule has 116 heavy (non-hydrogen) atoms. The molecule has 5 amide bonds. The molecular formula is C96H165N5O15. The second-order valence-electron chi connectivity index (χ2n) is 30.5. The van der Waals surface area contributed by atoms with E-state index >= 15 is 0 Å².